The van der Waals surface area contributed by atoms with Crippen LogP contribution in [0.4, 0.5) is 5.69 Å². The summed E-state index contributed by atoms with van der Waals surface area (Å²) in [6, 6.07) is 11.1. The van der Waals surface area contributed by atoms with Crippen molar-refractivity contribution in [1.82, 2.24) is 4.98 Å². The van der Waals surface area contributed by atoms with E-state index in [0.29, 0.717) is 11.4 Å². The zero-order chi connectivity index (χ0) is 14.4. The molecule has 1 aromatic carbocycles. The van der Waals surface area contributed by atoms with Gasteiger partial charge in [-0.2, -0.15) is 0 Å². The molecule has 2 rings (SSSR count). The van der Waals surface area contributed by atoms with Crippen molar-refractivity contribution in [3.05, 3.63) is 48.8 Å². The summed E-state index contributed by atoms with van der Waals surface area (Å²) in [5.74, 6) is 0.491. The summed E-state index contributed by atoms with van der Waals surface area (Å²) in [5, 5.41) is 2.78. The van der Waals surface area contributed by atoms with Gasteiger partial charge in [-0.3, -0.25) is 9.78 Å². The van der Waals surface area contributed by atoms with Crippen LogP contribution < -0.4 is 10.1 Å². The Morgan fingerprint density at radius 2 is 1.85 bits per heavy atom. The number of thioether (sulfide) groups is 1. The molecule has 0 aliphatic rings. The third-order valence-electron chi connectivity index (χ3n) is 2.69. The lowest BCUT2D eigenvalue weighted by Crippen LogP contribution is -2.30. The number of carbonyl (C=O) groups is 1. The largest absolute Gasteiger partial charge is 0.481 e. The van der Waals surface area contributed by atoms with Gasteiger partial charge in [0.15, 0.2) is 6.10 Å². The van der Waals surface area contributed by atoms with E-state index in [1.54, 1.807) is 43.2 Å². The number of pyridine rings is 1. The summed E-state index contributed by atoms with van der Waals surface area (Å²) in [4.78, 5) is 17.0. The number of rotatable bonds is 5. The van der Waals surface area contributed by atoms with E-state index in [1.807, 2.05) is 30.5 Å². The van der Waals surface area contributed by atoms with Crippen molar-refractivity contribution in [2.24, 2.45) is 0 Å². The quantitative estimate of drug-likeness (QED) is 0.858. The summed E-state index contributed by atoms with van der Waals surface area (Å²) in [5.41, 5.74) is 0.707. The lowest BCUT2D eigenvalue weighted by molar-refractivity contribution is -0.122. The molecule has 0 radical (unpaired) electrons. The molecule has 2 aromatic rings. The molecule has 1 N–H and O–H groups in total. The van der Waals surface area contributed by atoms with Crippen LogP contribution in [0.25, 0.3) is 0 Å². The van der Waals surface area contributed by atoms with Crippen molar-refractivity contribution in [2.75, 3.05) is 11.6 Å². The molecule has 0 fully saturated rings. The first-order chi connectivity index (χ1) is 9.69. The van der Waals surface area contributed by atoms with E-state index < -0.39 is 6.10 Å². The first-order valence-corrected chi connectivity index (χ1v) is 7.43. The number of hydrogen-bond donors (Lipinski definition) is 1. The molecule has 1 amide bonds. The predicted octanol–water partition coefficient (Wildman–Crippen LogP) is 3.21. The molecule has 0 saturated carbocycles. The Hall–Kier alpha value is -2.01. The van der Waals surface area contributed by atoms with Crippen molar-refractivity contribution in [3.63, 3.8) is 0 Å². The molecule has 5 heteroatoms. The Bertz CT molecular complexity index is 558. The Balaban J connectivity index is 1.93. The minimum absolute atomic E-state index is 0.190. The van der Waals surface area contributed by atoms with Crippen LogP contribution in [0, 0.1) is 0 Å². The molecule has 1 aromatic heterocycles. The number of benzene rings is 1. The predicted molar refractivity (Wildman–Crippen MR) is 81.2 cm³/mol. The Kier molecular flexibility index (Phi) is 5.01. The number of hydrogen-bond acceptors (Lipinski definition) is 4. The molecule has 104 valence electrons. The first kappa shape index (κ1) is 14.4. The van der Waals surface area contributed by atoms with E-state index in [9.17, 15) is 4.79 Å². The van der Waals surface area contributed by atoms with Crippen LogP contribution >= 0.6 is 11.8 Å². The maximum Gasteiger partial charge on any atom is 0.265 e. The molecule has 0 bridgehead atoms. The second-order valence-corrected chi connectivity index (χ2v) is 5.04. The number of carbonyl (C=O) groups excluding carboxylic acids is 1. The van der Waals surface area contributed by atoms with Gasteiger partial charge in [-0.25, -0.2) is 0 Å². The highest BCUT2D eigenvalue weighted by atomic mass is 32.2. The Morgan fingerprint density at radius 1 is 1.20 bits per heavy atom. The lowest BCUT2D eigenvalue weighted by Gasteiger charge is -2.14. The molecule has 0 saturated heterocycles. The van der Waals surface area contributed by atoms with Crippen LogP contribution in [0.2, 0.25) is 0 Å². The van der Waals surface area contributed by atoms with Crippen molar-refractivity contribution in [1.29, 1.82) is 0 Å². The summed E-state index contributed by atoms with van der Waals surface area (Å²) in [7, 11) is 0. The fraction of sp³-hybridized carbons (Fsp3) is 0.200. The van der Waals surface area contributed by atoms with E-state index in [4.69, 9.17) is 4.74 Å². The van der Waals surface area contributed by atoms with Gasteiger partial charge in [-0.05, 0) is 49.6 Å². The molecule has 4 nitrogen and oxygen atoms in total. The van der Waals surface area contributed by atoms with Crippen LogP contribution in [0.5, 0.6) is 5.75 Å². The summed E-state index contributed by atoms with van der Waals surface area (Å²) < 4.78 is 5.61. The Morgan fingerprint density at radius 3 is 2.45 bits per heavy atom. The smallest absolute Gasteiger partial charge is 0.265 e. The van der Waals surface area contributed by atoms with E-state index in [1.165, 1.54) is 0 Å². The number of amides is 1. The monoisotopic (exact) mass is 288 g/mol. The van der Waals surface area contributed by atoms with Crippen LogP contribution in [0.3, 0.4) is 0 Å². The standard InChI is InChI=1S/C15H16N2O2S/c1-11(15(18)17-12-7-9-16-10-8-12)19-13-3-5-14(20-2)6-4-13/h3-11H,1-2H3,(H,16,17,18)/t11-/m0/s1. The molecule has 1 heterocycles. The van der Waals surface area contributed by atoms with Crippen LogP contribution in [-0.2, 0) is 4.79 Å². The fourth-order valence-electron chi connectivity index (χ4n) is 1.59. The molecule has 20 heavy (non-hydrogen) atoms. The van der Waals surface area contributed by atoms with E-state index >= 15 is 0 Å². The molecule has 0 aliphatic carbocycles. The van der Waals surface area contributed by atoms with Gasteiger partial charge in [0.2, 0.25) is 0 Å². The maximum absolute atomic E-state index is 12.0. The highest BCUT2D eigenvalue weighted by Gasteiger charge is 2.14. The van der Waals surface area contributed by atoms with Gasteiger partial charge < -0.3 is 10.1 Å². The summed E-state index contributed by atoms with van der Waals surface area (Å²) in [6.45, 7) is 1.72. The van der Waals surface area contributed by atoms with Crippen molar-refractivity contribution >= 4 is 23.4 Å². The topological polar surface area (TPSA) is 51.2 Å². The fourth-order valence-corrected chi connectivity index (χ4v) is 2.00. The SMILES string of the molecule is CSc1ccc(O[C@@H](C)C(=O)Nc2ccncc2)cc1. The number of anilines is 1. The van der Waals surface area contributed by atoms with E-state index in [-0.39, 0.29) is 5.91 Å². The average molecular weight is 288 g/mol. The maximum atomic E-state index is 12.0. The third-order valence-corrected chi connectivity index (χ3v) is 3.43. The molecule has 1 atom stereocenters. The minimum atomic E-state index is -0.566. The molecule has 0 aliphatic heterocycles. The zero-order valence-electron chi connectivity index (χ0n) is 11.4. The zero-order valence-corrected chi connectivity index (χ0v) is 12.2. The average Bonchev–Trinajstić information content (AvgIpc) is 2.49. The van der Waals surface area contributed by atoms with Gasteiger partial charge in [0, 0.05) is 23.0 Å². The second-order valence-electron chi connectivity index (χ2n) is 4.16. The highest BCUT2D eigenvalue weighted by molar-refractivity contribution is 7.98. The van der Waals surface area contributed by atoms with E-state index in [2.05, 4.69) is 10.3 Å². The normalized spacial score (nSPS) is 11.7. The van der Waals surface area contributed by atoms with Gasteiger partial charge in [0.25, 0.3) is 5.91 Å². The lowest BCUT2D eigenvalue weighted by atomic mass is 10.3. The van der Waals surface area contributed by atoms with Crippen molar-refractivity contribution in [2.45, 2.75) is 17.9 Å². The summed E-state index contributed by atoms with van der Waals surface area (Å²) >= 11 is 1.66. The molecule has 0 unspecified atom stereocenters. The van der Waals surface area contributed by atoms with Crippen molar-refractivity contribution in [3.8, 4) is 5.75 Å². The van der Waals surface area contributed by atoms with Gasteiger partial charge in [-0.15, -0.1) is 11.8 Å². The van der Waals surface area contributed by atoms with E-state index in [0.717, 1.165) is 4.90 Å². The highest BCUT2D eigenvalue weighted by Crippen LogP contribution is 2.20. The molecular weight excluding hydrogens is 272 g/mol. The second kappa shape index (κ2) is 6.96. The summed E-state index contributed by atoms with van der Waals surface area (Å²) in [6.07, 6.45) is 4.70. The van der Waals surface area contributed by atoms with Gasteiger partial charge >= 0.3 is 0 Å². The van der Waals surface area contributed by atoms with Gasteiger partial charge in [0.1, 0.15) is 5.75 Å². The number of ether oxygens (including phenoxy) is 1. The molecule has 0 spiro atoms. The van der Waals surface area contributed by atoms with Gasteiger partial charge in [0.05, 0.1) is 0 Å². The van der Waals surface area contributed by atoms with Crippen LogP contribution in [0.1, 0.15) is 6.92 Å². The molecular formula is C15H16N2O2S. The minimum Gasteiger partial charge on any atom is -0.481 e. The third kappa shape index (κ3) is 3.99. The van der Waals surface area contributed by atoms with Crippen molar-refractivity contribution < 1.29 is 9.53 Å². The number of aromatic nitrogens is 1. The number of nitrogens with zero attached hydrogens (tertiary/aromatic N) is 1. The number of nitrogens with one attached hydrogen (secondary N) is 1. The van der Waals surface area contributed by atoms with Crippen LogP contribution in [0.15, 0.2) is 53.7 Å². The van der Waals surface area contributed by atoms with Gasteiger partial charge in [-0.1, -0.05) is 0 Å². The Labute approximate surface area is 122 Å². The van der Waals surface area contributed by atoms with Crippen LogP contribution in [-0.4, -0.2) is 23.3 Å². The first-order valence-electron chi connectivity index (χ1n) is 6.20.